The molecule has 98 valence electrons. The van der Waals surface area contributed by atoms with Gasteiger partial charge in [0.1, 0.15) is 0 Å². The third kappa shape index (κ3) is 2.53. The Kier molecular flexibility index (Phi) is 3.72. The average Bonchev–Trinajstić information content (AvgIpc) is 2.68. The van der Waals surface area contributed by atoms with Crippen LogP contribution in [0.4, 0.5) is 0 Å². The van der Waals surface area contributed by atoms with Crippen molar-refractivity contribution in [3.63, 3.8) is 0 Å². The van der Waals surface area contributed by atoms with Crippen molar-refractivity contribution in [2.75, 3.05) is 13.1 Å². The third-order valence-electron chi connectivity index (χ3n) is 5.31. The van der Waals surface area contributed by atoms with Crippen molar-refractivity contribution in [2.45, 2.75) is 70.5 Å². The molecule has 0 aromatic rings. The monoisotopic (exact) mass is 236 g/mol. The molecule has 0 bridgehead atoms. The van der Waals surface area contributed by atoms with Crippen LogP contribution in [-0.2, 0) is 0 Å². The lowest BCUT2D eigenvalue weighted by Crippen LogP contribution is -2.50. The Bertz CT molecular complexity index is 247. The maximum Gasteiger partial charge on any atom is 0.0629 e. The van der Waals surface area contributed by atoms with E-state index in [0.29, 0.717) is 0 Å². The number of hydrogen-bond donors (Lipinski definition) is 1. The molecule has 2 aliphatic heterocycles. The van der Waals surface area contributed by atoms with Crippen LogP contribution in [0.2, 0.25) is 0 Å². The van der Waals surface area contributed by atoms with E-state index in [9.17, 15) is 0 Å². The molecule has 2 heterocycles. The quantitative estimate of drug-likeness (QED) is 0.793. The van der Waals surface area contributed by atoms with Gasteiger partial charge in [-0.2, -0.15) is 0 Å². The number of piperidine rings is 1. The topological polar surface area (TPSA) is 15.3 Å². The Labute approximate surface area is 106 Å². The maximum atomic E-state index is 3.78. The molecular weight excluding hydrogens is 208 g/mol. The van der Waals surface area contributed by atoms with Crippen molar-refractivity contribution in [3.05, 3.63) is 0 Å². The fourth-order valence-electron chi connectivity index (χ4n) is 4.38. The van der Waals surface area contributed by atoms with Crippen molar-refractivity contribution in [1.82, 2.24) is 10.2 Å². The summed E-state index contributed by atoms with van der Waals surface area (Å²) in [6.45, 7) is 5.06. The molecule has 2 saturated heterocycles. The highest BCUT2D eigenvalue weighted by Crippen LogP contribution is 2.36. The first-order valence-corrected chi connectivity index (χ1v) is 7.84. The lowest BCUT2D eigenvalue weighted by Gasteiger charge is -2.37. The summed E-state index contributed by atoms with van der Waals surface area (Å²) < 4.78 is 0. The normalized spacial score (nSPS) is 40.4. The van der Waals surface area contributed by atoms with Crippen molar-refractivity contribution in [1.29, 1.82) is 0 Å². The second kappa shape index (κ2) is 5.27. The molecule has 3 aliphatic rings. The van der Waals surface area contributed by atoms with Crippen LogP contribution in [0.25, 0.3) is 0 Å². The fourth-order valence-corrected chi connectivity index (χ4v) is 4.38. The molecule has 3 unspecified atom stereocenters. The van der Waals surface area contributed by atoms with Crippen LogP contribution < -0.4 is 5.32 Å². The molecule has 3 atom stereocenters. The zero-order valence-corrected chi connectivity index (χ0v) is 11.3. The molecule has 0 radical (unpaired) electrons. The number of likely N-dealkylation sites (tertiary alicyclic amines) is 1. The molecule has 2 nitrogen and oxygen atoms in total. The van der Waals surface area contributed by atoms with Gasteiger partial charge in [0.05, 0.1) is 6.17 Å². The van der Waals surface area contributed by atoms with E-state index in [1.807, 2.05) is 0 Å². The zero-order chi connectivity index (χ0) is 11.7. The molecule has 0 spiro atoms. The summed E-state index contributed by atoms with van der Waals surface area (Å²) in [5, 5.41) is 3.78. The van der Waals surface area contributed by atoms with Crippen molar-refractivity contribution in [3.8, 4) is 0 Å². The van der Waals surface area contributed by atoms with Gasteiger partial charge >= 0.3 is 0 Å². The van der Waals surface area contributed by atoms with Crippen molar-refractivity contribution >= 4 is 0 Å². The summed E-state index contributed by atoms with van der Waals surface area (Å²) in [6.07, 6.45) is 12.4. The number of fused-ring (bicyclic) bond motifs is 1. The van der Waals surface area contributed by atoms with Crippen LogP contribution in [0.15, 0.2) is 0 Å². The first kappa shape index (κ1) is 12.0. The van der Waals surface area contributed by atoms with Crippen molar-refractivity contribution in [2.24, 2.45) is 11.8 Å². The van der Waals surface area contributed by atoms with Crippen LogP contribution in [0.5, 0.6) is 0 Å². The lowest BCUT2D eigenvalue weighted by atomic mass is 9.88. The van der Waals surface area contributed by atoms with Gasteiger partial charge < -0.3 is 5.32 Å². The van der Waals surface area contributed by atoms with Gasteiger partial charge in [-0.1, -0.05) is 19.3 Å². The molecule has 0 amide bonds. The molecule has 2 heteroatoms. The largest absolute Gasteiger partial charge is 0.301 e. The molecule has 3 rings (SSSR count). The third-order valence-corrected chi connectivity index (χ3v) is 5.31. The Morgan fingerprint density at radius 3 is 2.71 bits per heavy atom. The summed E-state index contributed by atoms with van der Waals surface area (Å²) in [5.74, 6) is 1.94. The smallest absolute Gasteiger partial charge is 0.0629 e. The Morgan fingerprint density at radius 1 is 1.06 bits per heavy atom. The fraction of sp³-hybridized carbons (Fsp3) is 1.00. The second-order valence-electron chi connectivity index (χ2n) is 6.59. The van der Waals surface area contributed by atoms with Gasteiger partial charge in [-0.3, -0.25) is 4.90 Å². The SMILES string of the molecule is CC1CC2CCCNC2N1CC1CCCCC1. The van der Waals surface area contributed by atoms with Crippen LogP contribution in [0.3, 0.4) is 0 Å². The standard InChI is InChI=1S/C15H28N2/c1-12-10-14-8-5-9-16-15(14)17(12)11-13-6-3-2-4-7-13/h12-16H,2-11H2,1H3. The number of nitrogens with zero attached hydrogens (tertiary/aromatic N) is 1. The summed E-state index contributed by atoms with van der Waals surface area (Å²) in [5.41, 5.74) is 0. The molecule has 1 saturated carbocycles. The van der Waals surface area contributed by atoms with E-state index in [4.69, 9.17) is 0 Å². The van der Waals surface area contributed by atoms with Gasteiger partial charge in [-0.25, -0.2) is 0 Å². The van der Waals surface area contributed by atoms with E-state index >= 15 is 0 Å². The van der Waals surface area contributed by atoms with Gasteiger partial charge in [0, 0.05) is 12.6 Å². The highest BCUT2D eigenvalue weighted by atomic mass is 15.3. The Hall–Kier alpha value is -0.0800. The van der Waals surface area contributed by atoms with Crippen LogP contribution in [0, 0.1) is 11.8 Å². The summed E-state index contributed by atoms with van der Waals surface area (Å²) in [7, 11) is 0. The summed E-state index contributed by atoms with van der Waals surface area (Å²) >= 11 is 0. The van der Waals surface area contributed by atoms with Gasteiger partial charge in [0.15, 0.2) is 0 Å². The molecule has 3 fully saturated rings. The highest BCUT2D eigenvalue weighted by Gasteiger charge is 2.40. The first-order valence-electron chi connectivity index (χ1n) is 7.84. The van der Waals surface area contributed by atoms with Gasteiger partial charge in [-0.05, 0) is 57.4 Å². The van der Waals surface area contributed by atoms with Crippen molar-refractivity contribution < 1.29 is 0 Å². The van der Waals surface area contributed by atoms with Crippen LogP contribution >= 0.6 is 0 Å². The maximum absolute atomic E-state index is 3.78. The lowest BCUT2D eigenvalue weighted by molar-refractivity contribution is 0.106. The molecular formula is C15H28N2. The predicted molar refractivity (Wildman–Crippen MR) is 71.9 cm³/mol. The molecule has 1 N–H and O–H groups in total. The van der Waals surface area contributed by atoms with Gasteiger partial charge in [-0.15, -0.1) is 0 Å². The Balaban J connectivity index is 1.60. The number of nitrogens with one attached hydrogen (secondary N) is 1. The minimum atomic E-state index is 0.723. The van der Waals surface area contributed by atoms with Crippen LogP contribution in [-0.4, -0.2) is 30.2 Å². The van der Waals surface area contributed by atoms with E-state index in [-0.39, 0.29) is 0 Å². The number of rotatable bonds is 2. The molecule has 1 aliphatic carbocycles. The molecule has 0 aromatic heterocycles. The Morgan fingerprint density at radius 2 is 1.88 bits per heavy atom. The molecule has 17 heavy (non-hydrogen) atoms. The minimum Gasteiger partial charge on any atom is -0.301 e. The van der Waals surface area contributed by atoms with Crippen LogP contribution in [0.1, 0.15) is 58.3 Å². The average molecular weight is 236 g/mol. The van der Waals surface area contributed by atoms with E-state index in [0.717, 1.165) is 24.0 Å². The number of hydrogen-bond acceptors (Lipinski definition) is 2. The van der Waals surface area contributed by atoms with E-state index in [1.165, 1.54) is 64.5 Å². The summed E-state index contributed by atoms with van der Waals surface area (Å²) in [6, 6.07) is 0.817. The van der Waals surface area contributed by atoms with E-state index in [1.54, 1.807) is 0 Å². The zero-order valence-electron chi connectivity index (χ0n) is 11.3. The van der Waals surface area contributed by atoms with Gasteiger partial charge in [0.2, 0.25) is 0 Å². The molecule has 0 aromatic carbocycles. The van der Waals surface area contributed by atoms with E-state index < -0.39 is 0 Å². The highest BCUT2D eigenvalue weighted by molar-refractivity contribution is 4.93. The van der Waals surface area contributed by atoms with Gasteiger partial charge in [0.25, 0.3) is 0 Å². The van der Waals surface area contributed by atoms with E-state index in [2.05, 4.69) is 17.1 Å². The predicted octanol–water partition coefficient (Wildman–Crippen LogP) is 2.99. The summed E-state index contributed by atoms with van der Waals surface area (Å²) in [4.78, 5) is 2.81. The first-order chi connectivity index (χ1) is 8.34. The second-order valence-corrected chi connectivity index (χ2v) is 6.59. The minimum absolute atomic E-state index is 0.723.